The number of hydrogen-bond acceptors (Lipinski definition) is 5. The monoisotopic (exact) mass is 306 g/mol. The standard InChI is InChI=1S/C15H22N4O3/c1-22-14(20)12-17-15(21)19-10-8-18(9-11-19)7-5-13-4-2-3-6-16-13/h2-4,6H,5,7-12H2,1H3,(H,17,21). The molecule has 1 aromatic rings. The van der Waals surface area contributed by atoms with E-state index in [-0.39, 0.29) is 12.6 Å². The molecule has 1 aliphatic heterocycles. The fraction of sp³-hybridized carbons (Fsp3) is 0.533. The van der Waals surface area contributed by atoms with E-state index >= 15 is 0 Å². The summed E-state index contributed by atoms with van der Waals surface area (Å²) in [6, 6.07) is 5.72. The van der Waals surface area contributed by atoms with Gasteiger partial charge in [-0.1, -0.05) is 6.07 Å². The van der Waals surface area contributed by atoms with Crippen molar-refractivity contribution in [3.05, 3.63) is 30.1 Å². The van der Waals surface area contributed by atoms with Gasteiger partial charge < -0.3 is 15.0 Å². The summed E-state index contributed by atoms with van der Waals surface area (Å²) in [5.74, 6) is -0.442. The highest BCUT2D eigenvalue weighted by Crippen LogP contribution is 2.04. The smallest absolute Gasteiger partial charge is 0.325 e. The van der Waals surface area contributed by atoms with Crippen molar-refractivity contribution in [2.24, 2.45) is 0 Å². The number of urea groups is 1. The van der Waals surface area contributed by atoms with Crippen LogP contribution >= 0.6 is 0 Å². The van der Waals surface area contributed by atoms with Gasteiger partial charge in [0.1, 0.15) is 6.54 Å². The van der Waals surface area contributed by atoms with E-state index in [0.717, 1.165) is 31.7 Å². The first kappa shape index (κ1) is 16.2. The van der Waals surface area contributed by atoms with Crippen LogP contribution in [0.4, 0.5) is 4.79 Å². The summed E-state index contributed by atoms with van der Waals surface area (Å²) in [4.78, 5) is 31.2. The number of hydrogen-bond donors (Lipinski definition) is 1. The molecule has 7 heteroatoms. The van der Waals surface area contributed by atoms with Crippen LogP contribution in [0.25, 0.3) is 0 Å². The number of carbonyl (C=O) groups excluding carboxylic acids is 2. The van der Waals surface area contributed by atoms with Crippen molar-refractivity contribution in [1.29, 1.82) is 0 Å². The molecule has 0 aliphatic carbocycles. The molecule has 2 rings (SSSR count). The molecule has 7 nitrogen and oxygen atoms in total. The molecule has 0 spiro atoms. The highest BCUT2D eigenvalue weighted by atomic mass is 16.5. The maximum atomic E-state index is 11.9. The highest BCUT2D eigenvalue weighted by Gasteiger charge is 2.21. The lowest BCUT2D eigenvalue weighted by Crippen LogP contribution is -2.52. The van der Waals surface area contributed by atoms with Crippen molar-refractivity contribution in [1.82, 2.24) is 20.1 Å². The number of aromatic nitrogens is 1. The molecule has 1 aromatic heterocycles. The lowest BCUT2D eigenvalue weighted by Gasteiger charge is -2.34. The van der Waals surface area contributed by atoms with Crippen LogP contribution < -0.4 is 5.32 Å². The van der Waals surface area contributed by atoms with Gasteiger partial charge >= 0.3 is 12.0 Å². The van der Waals surface area contributed by atoms with Crippen LogP contribution in [0.1, 0.15) is 5.69 Å². The lowest BCUT2D eigenvalue weighted by molar-refractivity contribution is -0.139. The number of esters is 1. The Balaban J connectivity index is 1.67. The van der Waals surface area contributed by atoms with Crippen molar-refractivity contribution in [2.45, 2.75) is 6.42 Å². The van der Waals surface area contributed by atoms with Crippen LogP contribution in [0.3, 0.4) is 0 Å². The van der Waals surface area contributed by atoms with Gasteiger partial charge in [0.25, 0.3) is 0 Å². The first-order valence-electron chi connectivity index (χ1n) is 7.41. The number of carbonyl (C=O) groups is 2. The van der Waals surface area contributed by atoms with E-state index in [9.17, 15) is 9.59 Å². The Labute approximate surface area is 130 Å². The number of amides is 2. The fourth-order valence-corrected chi connectivity index (χ4v) is 2.32. The van der Waals surface area contributed by atoms with Crippen LogP contribution in [0, 0.1) is 0 Å². The van der Waals surface area contributed by atoms with E-state index in [1.165, 1.54) is 7.11 Å². The number of ether oxygens (including phenoxy) is 1. The second-order valence-corrected chi connectivity index (χ2v) is 5.13. The molecule has 0 bridgehead atoms. The van der Waals surface area contributed by atoms with Gasteiger partial charge in [0.2, 0.25) is 0 Å². The zero-order valence-electron chi connectivity index (χ0n) is 12.8. The molecule has 0 atom stereocenters. The van der Waals surface area contributed by atoms with Crippen LogP contribution in [-0.2, 0) is 16.0 Å². The molecule has 1 fully saturated rings. The Bertz CT molecular complexity index is 487. The summed E-state index contributed by atoms with van der Waals surface area (Å²) in [7, 11) is 1.30. The first-order chi connectivity index (χ1) is 10.7. The summed E-state index contributed by atoms with van der Waals surface area (Å²) >= 11 is 0. The Morgan fingerprint density at radius 1 is 1.27 bits per heavy atom. The second kappa shape index (κ2) is 8.33. The summed E-state index contributed by atoms with van der Waals surface area (Å²) in [6.45, 7) is 3.84. The molecule has 1 aliphatic rings. The molecule has 0 saturated carbocycles. The minimum atomic E-state index is -0.442. The number of nitrogens with one attached hydrogen (secondary N) is 1. The zero-order chi connectivity index (χ0) is 15.8. The van der Waals surface area contributed by atoms with Crippen molar-refractivity contribution in [2.75, 3.05) is 46.4 Å². The molecular weight excluding hydrogens is 284 g/mol. The number of methoxy groups -OCH3 is 1. The maximum absolute atomic E-state index is 11.9. The van der Waals surface area contributed by atoms with Crippen molar-refractivity contribution >= 4 is 12.0 Å². The van der Waals surface area contributed by atoms with E-state index in [0.29, 0.717) is 13.1 Å². The third-order valence-corrected chi connectivity index (χ3v) is 3.68. The molecular formula is C15H22N4O3. The minimum Gasteiger partial charge on any atom is -0.468 e. The van der Waals surface area contributed by atoms with Crippen LogP contribution in [0.15, 0.2) is 24.4 Å². The van der Waals surface area contributed by atoms with E-state index in [4.69, 9.17) is 0 Å². The Morgan fingerprint density at radius 3 is 2.68 bits per heavy atom. The first-order valence-corrected chi connectivity index (χ1v) is 7.41. The number of pyridine rings is 1. The number of nitrogens with zero attached hydrogens (tertiary/aromatic N) is 3. The summed E-state index contributed by atoms with van der Waals surface area (Å²) in [6.07, 6.45) is 2.72. The van der Waals surface area contributed by atoms with Crippen LogP contribution in [0.2, 0.25) is 0 Å². The van der Waals surface area contributed by atoms with Crippen molar-refractivity contribution in [3.8, 4) is 0 Å². The zero-order valence-corrected chi connectivity index (χ0v) is 12.8. The Kier molecular flexibility index (Phi) is 6.14. The molecule has 2 heterocycles. The predicted octanol–water partition coefficient (Wildman–Crippen LogP) is 0.124. The van der Waals surface area contributed by atoms with Gasteiger partial charge in [-0.05, 0) is 12.1 Å². The van der Waals surface area contributed by atoms with Crippen LogP contribution in [-0.4, -0.2) is 73.2 Å². The van der Waals surface area contributed by atoms with E-state index < -0.39 is 5.97 Å². The molecule has 0 unspecified atom stereocenters. The lowest BCUT2D eigenvalue weighted by atomic mass is 10.2. The van der Waals surface area contributed by atoms with E-state index in [1.807, 2.05) is 18.2 Å². The summed E-state index contributed by atoms with van der Waals surface area (Å²) in [5.41, 5.74) is 1.08. The predicted molar refractivity (Wildman–Crippen MR) is 81.4 cm³/mol. The van der Waals surface area contributed by atoms with Gasteiger partial charge in [-0.3, -0.25) is 14.7 Å². The molecule has 0 radical (unpaired) electrons. The third kappa shape index (κ3) is 5.00. The van der Waals surface area contributed by atoms with Crippen molar-refractivity contribution < 1.29 is 14.3 Å². The van der Waals surface area contributed by atoms with Crippen molar-refractivity contribution in [3.63, 3.8) is 0 Å². The molecule has 0 aromatic carbocycles. The molecule has 22 heavy (non-hydrogen) atoms. The Hall–Kier alpha value is -2.15. The largest absolute Gasteiger partial charge is 0.468 e. The number of rotatable bonds is 5. The normalized spacial score (nSPS) is 15.4. The SMILES string of the molecule is COC(=O)CNC(=O)N1CCN(CCc2ccccn2)CC1. The van der Waals surface area contributed by atoms with Gasteiger partial charge in [0.05, 0.1) is 7.11 Å². The number of piperazine rings is 1. The third-order valence-electron chi connectivity index (χ3n) is 3.68. The molecule has 120 valence electrons. The molecule has 2 amide bonds. The van der Waals surface area contributed by atoms with E-state index in [1.54, 1.807) is 11.1 Å². The average Bonchev–Trinajstić information content (AvgIpc) is 2.59. The maximum Gasteiger partial charge on any atom is 0.325 e. The topological polar surface area (TPSA) is 74.8 Å². The van der Waals surface area contributed by atoms with Gasteiger partial charge in [-0.15, -0.1) is 0 Å². The van der Waals surface area contributed by atoms with Crippen LogP contribution in [0.5, 0.6) is 0 Å². The summed E-state index contributed by atoms with van der Waals surface area (Å²) < 4.78 is 4.49. The second-order valence-electron chi connectivity index (χ2n) is 5.13. The quantitative estimate of drug-likeness (QED) is 0.782. The minimum absolute atomic E-state index is 0.0881. The average molecular weight is 306 g/mol. The molecule has 1 N–H and O–H groups in total. The van der Waals surface area contributed by atoms with Gasteiger partial charge in [-0.2, -0.15) is 0 Å². The molecule has 1 saturated heterocycles. The van der Waals surface area contributed by atoms with Gasteiger partial charge in [-0.25, -0.2) is 4.79 Å². The van der Waals surface area contributed by atoms with Gasteiger partial charge in [0.15, 0.2) is 0 Å². The Morgan fingerprint density at radius 2 is 2.05 bits per heavy atom. The highest BCUT2D eigenvalue weighted by molar-refractivity contribution is 5.80. The van der Waals surface area contributed by atoms with E-state index in [2.05, 4.69) is 19.9 Å². The fourth-order valence-electron chi connectivity index (χ4n) is 2.32. The van der Waals surface area contributed by atoms with Gasteiger partial charge in [0, 0.05) is 51.0 Å². The summed E-state index contributed by atoms with van der Waals surface area (Å²) in [5, 5.41) is 2.56.